The van der Waals surface area contributed by atoms with Gasteiger partial charge in [-0.2, -0.15) is 0 Å². The van der Waals surface area contributed by atoms with Gasteiger partial charge < -0.3 is 4.79 Å². The SMILES string of the molecule is CC(C)=O.[Cl][Fe][Cl]. The fraction of sp³-hybridized carbons (Fsp3) is 0.667. The summed E-state index contributed by atoms with van der Waals surface area (Å²) in [5.41, 5.74) is 0. The second-order valence-electron chi connectivity index (χ2n) is 0.959. The number of hydrogen-bond donors (Lipinski definition) is 0. The van der Waals surface area contributed by atoms with E-state index in [0.29, 0.717) is 0 Å². The molecule has 4 heteroatoms. The van der Waals surface area contributed by atoms with Gasteiger partial charge in [-0.05, 0) is 13.8 Å². The predicted molar refractivity (Wildman–Crippen MR) is 28.1 cm³/mol. The van der Waals surface area contributed by atoms with Gasteiger partial charge in [0.2, 0.25) is 0 Å². The topological polar surface area (TPSA) is 17.1 Å². The van der Waals surface area contributed by atoms with E-state index in [0.717, 1.165) is 0 Å². The normalized spacial score (nSPS) is 6.86. The monoisotopic (exact) mass is 184 g/mol. The summed E-state index contributed by atoms with van der Waals surface area (Å²) in [5.74, 6) is 0.167. The van der Waals surface area contributed by atoms with E-state index in [9.17, 15) is 4.79 Å². The Hall–Kier alpha value is 0.769. The van der Waals surface area contributed by atoms with E-state index in [-0.39, 0.29) is 18.9 Å². The molecule has 0 fully saturated rings. The molecule has 1 nitrogen and oxygen atoms in total. The van der Waals surface area contributed by atoms with Crippen molar-refractivity contribution < 1.29 is 17.9 Å². The van der Waals surface area contributed by atoms with Gasteiger partial charge in [0.15, 0.2) is 0 Å². The summed E-state index contributed by atoms with van der Waals surface area (Å²) in [7, 11) is 9.53. The predicted octanol–water partition coefficient (Wildman–Crippen LogP) is 1.97. The van der Waals surface area contributed by atoms with Crippen molar-refractivity contribution in [1.82, 2.24) is 0 Å². The molecule has 46 valence electrons. The summed E-state index contributed by atoms with van der Waals surface area (Å²) in [5, 5.41) is 0. The molecular weight excluding hydrogens is 179 g/mol. The molecule has 0 unspecified atom stereocenters. The first-order valence-electron chi connectivity index (χ1n) is 1.47. The Bertz CT molecular complexity index is 44.2. The first kappa shape index (κ1) is 10.7. The van der Waals surface area contributed by atoms with Crippen LogP contribution in [0.1, 0.15) is 13.8 Å². The zero-order valence-electron chi connectivity index (χ0n) is 4.02. The van der Waals surface area contributed by atoms with E-state index in [4.69, 9.17) is 20.2 Å². The molecule has 0 saturated carbocycles. The summed E-state index contributed by atoms with van der Waals surface area (Å²) in [6.45, 7) is 3.06. The molecule has 0 aromatic carbocycles. The molecule has 0 aliphatic heterocycles. The third-order valence-corrected chi connectivity index (χ3v) is 0. The van der Waals surface area contributed by atoms with Crippen LogP contribution in [0.25, 0.3) is 0 Å². The van der Waals surface area contributed by atoms with Gasteiger partial charge in [0.05, 0.1) is 0 Å². The number of ketones is 1. The van der Waals surface area contributed by atoms with Gasteiger partial charge >= 0.3 is 33.3 Å². The Labute approximate surface area is 58.0 Å². The Morgan fingerprint density at radius 2 is 1.43 bits per heavy atom. The molecule has 7 heavy (non-hydrogen) atoms. The quantitative estimate of drug-likeness (QED) is 0.527. The third-order valence-electron chi connectivity index (χ3n) is 0. The number of carbonyl (C=O) groups excluding carboxylic acids is 1. The van der Waals surface area contributed by atoms with E-state index in [1.54, 1.807) is 0 Å². The van der Waals surface area contributed by atoms with Crippen LogP contribution in [0.4, 0.5) is 0 Å². The second kappa shape index (κ2) is 9.91. The van der Waals surface area contributed by atoms with E-state index in [2.05, 4.69) is 0 Å². The molecule has 0 N–H and O–H groups in total. The molecule has 0 heterocycles. The average Bonchev–Trinajstić information content (AvgIpc) is 1.33. The molecule has 0 saturated heterocycles. The van der Waals surface area contributed by atoms with Crippen LogP contribution in [0.15, 0.2) is 0 Å². The van der Waals surface area contributed by atoms with E-state index >= 15 is 0 Å². The third kappa shape index (κ3) is 260. The molecule has 0 aromatic rings. The number of rotatable bonds is 0. The first-order valence-corrected chi connectivity index (χ1v) is 4.51. The molecule has 0 bridgehead atoms. The zero-order chi connectivity index (χ0) is 6.28. The van der Waals surface area contributed by atoms with Crippen LogP contribution in [-0.2, 0) is 17.9 Å². The molecular formula is C3H6Cl2FeO. The van der Waals surface area contributed by atoms with Crippen molar-refractivity contribution in [2.24, 2.45) is 0 Å². The Morgan fingerprint density at radius 1 is 1.43 bits per heavy atom. The summed E-state index contributed by atoms with van der Waals surface area (Å²) < 4.78 is 0. The van der Waals surface area contributed by atoms with E-state index < -0.39 is 0 Å². The van der Waals surface area contributed by atoms with Crippen molar-refractivity contribution in [3.05, 3.63) is 0 Å². The average molecular weight is 185 g/mol. The van der Waals surface area contributed by atoms with Gasteiger partial charge in [-0.25, -0.2) is 0 Å². The van der Waals surface area contributed by atoms with Crippen LogP contribution in [0, 0.1) is 0 Å². The summed E-state index contributed by atoms with van der Waals surface area (Å²) >= 11 is 0.194. The fourth-order valence-electron chi connectivity index (χ4n) is 0. The second-order valence-corrected chi connectivity index (χ2v) is 2.78. The molecule has 0 radical (unpaired) electrons. The summed E-state index contributed by atoms with van der Waals surface area (Å²) in [6, 6.07) is 0. The number of hydrogen-bond acceptors (Lipinski definition) is 1. The van der Waals surface area contributed by atoms with E-state index in [1.807, 2.05) is 0 Å². The van der Waals surface area contributed by atoms with Crippen molar-refractivity contribution in [2.75, 3.05) is 0 Å². The van der Waals surface area contributed by atoms with Crippen LogP contribution in [0.3, 0.4) is 0 Å². The molecule has 0 aliphatic rings. The Morgan fingerprint density at radius 3 is 1.43 bits per heavy atom. The van der Waals surface area contributed by atoms with Crippen LogP contribution < -0.4 is 0 Å². The molecule has 0 spiro atoms. The van der Waals surface area contributed by atoms with Gasteiger partial charge in [0.1, 0.15) is 5.78 Å². The minimum absolute atomic E-state index is 0.167. The minimum atomic E-state index is 0.167. The summed E-state index contributed by atoms with van der Waals surface area (Å²) in [6.07, 6.45) is 0. The standard InChI is InChI=1S/C3H6O.2ClH.Fe/c1-3(2)4;;;/h1-2H3;2*1H;/q;;;+2/p-2. The van der Waals surface area contributed by atoms with Gasteiger partial charge in [0.25, 0.3) is 0 Å². The zero-order valence-corrected chi connectivity index (χ0v) is 6.63. The van der Waals surface area contributed by atoms with Crippen LogP contribution in [0.2, 0.25) is 0 Å². The van der Waals surface area contributed by atoms with Crippen molar-refractivity contribution in [3.63, 3.8) is 0 Å². The van der Waals surface area contributed by atoms with Crippen LogP contribution in [-0.4, -0.2) is 5.78 Å². The number of halogens is 2. The van der Waals surface area contributed by atoms with Crippen molar-refractivity contribution in [1.29, 1.82) is 0 Å². The molecule has 0 aromatic heterocycles. The van der Waals surface area contributed by atoms with E-state index in [1.165, 1.54) is 13.8 Å². The van der Waals surface area contributed by atoms with Crippen molar-refractivity contribution >= 4 is 26.0 Å². The molecule has 0 amide bonds. The van der Waals surface area contributed by atoms with Crippen molar-refractivity contribution in [2.45, 2.75) is 13.8 Å². The number of carbonyl (C=O) groups is 1. The summed E-state index contributed by atoms with van der Waals surface area (Å²) in [4.78, 5) is 9.44. The van der Waals surface area contributed by atoms with Crippen molar-refractivity contribution in [3.8, 4) is 0 Å². The van der Waals surface area contributed by atoms with Gasteiger partial charge in [-0.3, -0.25) is 0 Å². The maximum absolute atomic E-state index is 9.44. The molecule has 0 aliphatic carbocycles. The van der Waals surface area contributed by atoms with Crippen LogP contribution in [0.5, 0.6) is 0 Å². The van der Waals surface area contributed by atoms with Gasteiger partial charge in [-0.1, -0.05) is 0 Å². The van der Waals surface area contributed by atoms with Gasteiger partial charge in [-0.15, -0.1) is 0 Å². The molecule has 0 rings (SSSR count). The maximum atomic E-state index is 9.44. The Balaban J connectivity index is 0. The Kier molecular flexibility index (Phi) is 15.1. The molecule has 0 atom stereocenters. The number of Topliss-reactive ketones (excluding diaryl/α,β-unsaturated/α-hetero) is 1. The fourth-order valence-corrected chi connectivity index (χ4v) is 0. The van der Waals surface area contributed by atoms with Crippen LogP contribution >= 0.6 is 20.2 Å². The van der Waals surface area contributed by atoms with Gasteiger partial charge in [0, 0.05) is 0 Å². The first-order chi connectivity index (χ1) is 3.15.